The van der Waals surface area contributed by atoms with Crippen LogP contribution in [0.1, 0.15) is 13.8 Å². The smallest absolute Gasteiger partial charge is 0.188 e. The molecule has 66 valence electrons. The van der Waals surface area contributed by atoms with Gasteiger partial charge in [-0.2, -0.15) is 0 Å². The molecule has 0 unspecified atom stereocenters. The number of allylic oxidation sites excluding steroid dienone is 5. The number of hydrogen-bond acceptors (Lipinski definition) is 2. The highest BCUT2D eigenvalue weighted by Crippen LogP contribution is 2.29. The second kappa shape index (κ2) is 2.80. The molecule has 0 saturated heterocycles. The highest BCUT2D eigenvalue weighted by molar-refractivity contribution is 6.14. The third-order valence-electron chi connectivity index (χ3n) is 2.26. The third kappa shape index (κ3) is 1.18. The summed E-state index contributed by atoms with van der Waals surface area (Å²) in [6.45, 7) is 4.14. The van der Waals surface area contributed by atoms with Crippen molar-refractivity contribution in [1.29, 1.82) is 0 Å². The van der Waals surface area contributed by atoms with Crippen molar-refractivity contribution in [2.75, 3.05) is 0 Å². The van der Waals surface area contributed by atoms with Gasteiger partial charge >= 0.3 is 0 Å². The summed E-state index contributed by atoms with van der Waals surface area (Å²) >= 11 is 0. The Morgan fingerprint density at radius 1 is 1.38 bits per heavy atom. The van der Waals surface area contributed by atoms with Crippen LogP contribution in [-0.2, 0) is 4.79 Å². The Morgan fingerprint density at radius 2 is 2.15 bits per heavy atom. The van der Waals surface area contributed by atoms with E-state index in [9.17, 15) is 4.79 Å². The molecule has 1 aliphatic carbocycles. The second-order valence-electron chi connectivity index (χ2n) is 3.52. The van der Waals surface area contributed by atoms with Crippen molar-refractivity contribution in [3.05, 3.63) is 35.1 Å². The Balaban J connectivity index is 2.54. The van der Waals surface area contributed by atoms with E-state index in [1.54, 1.807) is 18.4 Å². The van der Waals surface area contributed by atoms with Gasteiger partial charge < -0.3 is 0 Å². The van der Waals surface area contributed by atoms with Gasteiger partial charge in [-0.25, -0.2) is 0 Å². The molecule has 0 bridgehead atoms. The van der Waals surface area contributed by atoms with Gasteiger partial charge in [0, 0.05) is 6.21 Å². The first-order valence-corrected chi connectivity index (χ1v) is 4.41. The Morgan fingerprint density at radius 3 is 2.85 bits per heavy atom. The van der Waals surface area contributed by atoms with Crippen LogP contribution in [0.4, 0.5) is 0 Å². The van der Waals surface area contributed by atoms with E-state index in [0.717, 1.165) is 16.8 Å². The summed E-state index contributed by atoms with van der Waals surface area (Å²) in [6.07, 6.45) is 7.02. The standard InChI is InChI=1S/C11H11NO/c1-7(2)8-6-12-9-4-3-5-10(13)11(8)9/h3-7H,1-2H3. The zero-order chi connectivity index (χ0) is 9.42. The summed E-state index contributed by atoms with van der Waals surface area (Å²) in [5.41, 5.74) is 2.66. The van der Waals surface area contributed by atoms with E-state index in [1.165, 1.54) is 0 Å². The summed E-state index contributed by atoms with van der Waals surface area (Å²) in [5, 5.41) is 0. The zero-order valence-corrected chi connectivity index (χ0v) is 7.74. The first-order chi connectivity index (χ1) is 6.20. The van der Waals surface area contributed by atoms with Gasteiger partial charge in [0.25, 0.3) is 0 Å². The molecule has 2 heteroatoms. The van der Waals surface area contributed by atoms with E-state index < -0.39 is 0 Å². The van der Waals surface area contributed by atoms with Crippen LogP contribution in [0.2, 0.25) is 0 Å². The van der Waals surface area contributed by atoms with E-state index in [2.05, 4.69) is 18.8 Å². The van der Waals surface area contributed by atoms with Gasteiger partial charge in [0.05, 0.1) is 11.3 Å². The molecule has 2 nitrogen and oxygen atoms in total. The van der Waals surface area contributed by atoms with Crippen molar-refractivity contribution in [2.24, 2.45) is 10.9 Å². The molecular weight excluding hydrogens is 162 g/mol. The summed E-state index contributed by atoms with van der Waals surface area (Å²) in [6, 6.07) is 0. The minimum atomic E-state index is 0.0821. The van der Waals surface area contributed by atoms with Crippen molar-refractivity contribution in [3.63, 3.8) is 0 Å². The largest absolute Gasteiger partial charge is 0.289 e. The summed E-state index contributed by atoms with van der Waals surface area (Å²) < 4.78 is 0. The molecule has 13 heavy (non-hydrogen) atoms. The fourth-order valence-electron chi connectivity index (χ4n) is 1.56. The number of rotatable bonds is 1. The van der Waals surface area contributed by atoms with Crippen LogP contribution < -0.4 is 0 Å². The Hall–Kier alpha value is -1.44. The molecular formula is C11H11NO. The number of ketones is 1. The molecule has 0 spiro atoms. The van der Waals surface area contributed by atoms with Crippen LogP contribution in [-0.4, -0.2) is 12.0 Å². The second-order valence-corrected chi connectivity index (χ2v) is 3.52. The van der Waals surface area contributed by atoms with Crippen LogP contribution in [0.3, 0.4) is 0 Å². The van der Waals surface area contributed by atoms with Crippen molar-refractivity contribution in [3.8, 4) is 0 Å². The molecule has 0 atom stereocenters. The predicted octanol–water partition coefficient (Wildman–Crippen LogP) is 2.05. The average Bonchev–Trinajstić information content (AvgIpc) is 2.49. The molecule has 2 aliphatic rings. The lowest BCUT2D eigenvalue weighted by Gasteiger charge is -2.08. The Labute approximate surface area is 77.4 Å². The third-order valence-corrected chi connectivity index (χ3v) is 2.26. The van der Waals surface area contributed by atoms with Crippen molar-refractivity contribution >= 4 is 12.0 Å². The minimum Gasteiger partial charge on any atom is -0.289 e. The van der Waals surface area contributed by atoms with E-state index in [1.807, 2.05) is 6.08 Å². The van der Waals surface area contributed by atoms with Crippen LogP contribution in [0, 0.1) is 5.92 Å². The molecule has 0 amide bonds. The SMILES string of the molecule is CC(C)C1=C2C(=O)C=CC=C2N=C1. The number of carbonyl (C=O) groups is 1. The van der Waals surface area contributed by atoms with Crippen LogP contribution in [0.5, 0.6) is 0 Å². The maximum absolute atomic E-state index is 11.5. The lowest BCUT2D eigenvalue weighted by molar-refractivity contribution is -0.111. The molecule has 0 radical (unpaired) electrons. The quantitative estimate of drug-likeness (QED) is 0.596. The Kier molecular flexibility index (Phi) is 1.76. The van der Waals surface area contributed by atoms with E-state index in [4.69, 9.17) is 0 Å². The molecule has 0 fully saturated rings. The maximum atomic E-state index is 11.5. The molecule has 0 aromatic carbocycles. The fraction of sp³-hybridized carbons (Fsp3) is 0.273. The number of aliphatic imine (C=N–C) groups is 1. The van der Waals surface area contributed by atoms with Crippen molar-refractivity contribution < 1.29 is 4.79 Å². The van der Waals surface area contributed by atoms with Gasteiger partial charge in [-0.15, -0.1) is 0 Å². The first kappa shape index (κ1) is 8.17. The van der Waals surface area contributed by atoms with Crippen LogP contribution in [0.25, 0.3) is 0 Å². The van der Waals surface area contributed by atoms with Gasteiger partial charge in [0.15, 0.2) is 5.78 Å². The van der Waals surface area contributed by atoms with Gasteiger partial charge in [-0.05, 0) is 23.6 Å². The average molecular weight is 173 g/mol. The van der Waals surface area contributed by atoms with E-state index >= 15 is 0 Å². The topological polar surface area (TPSA) is 29.4 Å². The van der Waals surface area contributed by atoms with Gasteiger partial charge in [0.2, 0.25) is 0 Å². The molecule has 1 aliphatic heterocycles. The lowest BCUT2D eigenvalue weighted by atomic mass is 9.93. The van der Waals surface area contributed by atoms with Gasteiger partial charge in [0.1, 0.15) is 0 Å². The highest BCUT2D eigenvalue weighted by atomic mass is 16.1. The molecule has 2 rings (SSSR count). The summed E-state index contributed by atoms with van der Waals surface area (Å²) in [5.74, 6) is 0.443. The van der Waals surface area contributed by atoms with Gasteiger partial charge in [-0.3, -0.25) is 9.79 Å². The lowest BCUT2D eigenvalue weighted by Crippen LogP contribution is -2.07. The first-order valence-electron chi connectivity index (χ1n) is 4.41. The van der Waals surface area contributed by atoms with Crippen LogP contribution >= 0.6 is 0 Å². The van der Waals surface area contributed by atoms with E-state index in [-0.39, 0.29) is 5.78 Å². The molecule has 0 aromatic rings. The molecule has 0 aromatic heterocycles. The number of fused-ring (bicyclic) bond motifs is 1. The maximum Gasteiger partial charge on any atom is 0.188 e. The van der Waals surface area contributed by atoms with Crippen molar-refractivity contribution in [1.82, 2.24) is 0 Å². The Bertz CT molecular complexity index is 381. The molecule has 1 heterocycles. The molecule has 0 saturated carbocycles. The van der Waals surface area contributed by atoms with E-state index in [0.29, 0.717) is 5.92 Å². The number of nitrogens with zero attached hydrogens (tertiary/aromatic N) is 1. The van der Waals surface area contributed by atoms with Gasteiger partial charge in [-0.1, -0.05) is 19.9 Å². The highest BCUT2D eigenvalue weighted by Gasteiger charge is 2.24. The summed E-state index contributed by atoms with van der Waals surface area (Å²) in [7, 11) is 0. The monoisotopic (exact) mass is 173 g/mol. The zero-order valence-electron chi connectivity index (χ0n) is 7.74. The summed E-state index contributed by atoms with van der Waals surface area (Å²) in [4.78, 5) is 15.7. The van der Waals surface area contributed by atoms with Crippen molar-refractivity contribution in [2.45, 2.75) is 13.8 Å². The number of hydrogen-bond donors (Lipinski definition) is 0. The minimum absolute atomic E-state index is 0.0821. The number of carbonyl (C=O) groups excluding carboxylic acids is 1. The normalized spacial score (nSPS) is 19.9. The van der Waals surface area contributed by atoms with Crippen LogP contribution in [0.15, 0.2) is 40.1 Å². The molecule has 0 N–H and O–H groups in total. The predicted molar refractivity (Wildman–Crippen MR) is 52.6 cm³/mol. The fourth-order valence-corrected chi connectivity index (χ4v) is 1.56.